The van der Waals surface area contributed by atoms with Gasteiger partial charge in [-0.2, -0.15) is 9.97 Å². The lowest BCUT2D eigenvalue weighted by Gasteiger charge is -2.61. The minimum Gasteiger partial charge on any atom is -0.609 e. The van der Waals surface area contributed by atoms with Gasteiger partial charge < -0.3 is 18.9 Å². The molecule has 260 valence electrons. The highest BCUT2D eigenvalue weighted by Crippen LogP contribution is 2.57. The number of hydrogen-bond acceptors (Lipinski definition) is 7. The Bertz CT molecular complexity index is 1950. The first-order valence-electron chi connectivity index (χ1n) is 16.7. The van der Waals surface area contributed by atoms with E-state index in [1.54, 1.807) is 24.4 Å². The molecule has 0 amide bonds. The van der Waals surface area contributed by atoms with Crippen molar-refractivity contribution >= 4 is 46.7 Å². The first-order chi connectivity index (χ1) is 23.1. The molecule has 1 atom stereocenters. The predicted molar refractivity (Wildman–Crippen MR) is 192 cm³/mol. The van der Waals surface area contributed by atoms with Gasteiger partial charge in [-0.1, -0.05) is 53.5 Å². The number of methoxy groups -OCH3 is 1. The summed E-state index contributed by atoms with van der Waals surface area (Å²) < 4.78 is 68.2. The van der Waals surface area contributed by atoms with Gasteiger partial charge in [-0.25, -0.2) is 18.2 Å². The zero-order valence-electron chi connectivity index (χ0n) is 29.3. The fraction of sp³-hybridized carbons (Fsp3) is 0.486. The van der Waals surface area contributed by atoms with E-state index >= 15 is 4.39 Å². The summed E-state index contributed by atoms with van der Waals surface area (Å²) >= 11 is -1.47. The molecule has 1 saturated carbocycles. The van der Waals surface area contributed by atoms with Crippen LogP contribution in [0, 0.1) is 17.3 Å². The summed E-state index contributed by atoms with van der Waals surface area (Å²) in [5, 5.41) is 1.97. The fourth-order valence-electron chi connectivity index (χ4n) is 8.18. The molecular formula is C37H43F3N4O3SSi. The molecule has 2 aliphatic rings. The van der Waals surface area contributed by atoms with E-state index in [9.17, 15) is 13.3 Å². The Balaban J connectivity index is 1.65. The topological polar surface area (TPSA) is 83.4 Å². The second-order valence-corrected chi connectivity index (χ2v) is 21.2. The number of halogens is 3. The van der Waals surface area contributed by atoms with Crippen molar-refractivity contribution in [3.8, 4) is 28.5 Å². The van der Waals surface area contributed by atoms with E-state index in [0.29, 0.717) is 74.1 Å². The molecule has 2 aromatic heterocycles. The monoisotopic (exact) mass is 708 g/mol. The van der Waals surface area contributed by atoms with Crippen molar-refractivity contribution in [3.05, 3.63) is 47.9 Å². The van der Waals surface area contributed by atoms with E-state index in [1.165, 1.54) is 19.4 Å². The number of fused-ring (bicyclic) bond motifs is 2. The SMILES string of the molecule is COCOc1cc(-c2cc3nc([S+](C)[O-])ncc3c(N3CCC34CC(F)(F)C4)n2)c2c(C#C[Si](C(C)C)(C(C)C)C(C)C)c(F)ccc2c1. The zero-order valence-corrected chi connectivity index (χ0v) is 31.1. The second kappa shape index (κ2) is 13.1. The lowest BCUT2D eigenvalue weighted by Crippen LogP contribution is -2.70. The Labute approximate surface area is 290 Å². The molecule has 12 heteroatoms. The Morgan fingerprint density at radius 3 is 2.31 bits per heavy atom. The van der Waals surface area contributed by atoms with Crippen LogP contribution in [0.5, 0.6) is 5.75 Å². The van der Waals surface area contributed by atoms with Crippen molar-refractivity contribution in [1.29, 1.82) is 0 Å². The van der Waals surface area contributed by atoms with Crippen LogP contribution in [0.4, 0.5) is 19.0 Å². The lowest BCUT2D eigenvalue weighted by molar-refractivity contribution is -0.140. The van der Waals surface area contributed by atoms with E-state index in [2.05, 4.69) is 63.0 Å². The van der Waals surface area contributed by atoms with Gasteiger partial charge in [-0.15, -0.1) is 5.54 Å². The highest BCUT2D eigenvalue weighted by molar-refractivity contribution is 7.90. The number of rotatable bonds is 9. The molecule has 2 aromatic carbocycles. The zero-order chi connectivity index (χ0) is 35.5. The van der Waals surface area contributed by atoms with Crippen molar-refractivity contribution in [1.82, 2.24) is 15.0 Å². The Hall–Kier alpha value is -3.37. The van der Waals surface area contributed by atoms with Gasteiger partial charge in [-0.05, 0) is 52.7 Å². The lowest BCUT2D eigenvalue weighted by atomic mass is 9.65. The number of anilines is 1. The summed E-state index contributed by atoms with van der Waals surface area (Å²) in [4.78, 5) is 16.0. The quantitative estimate of drug-likeness (QED) is 0.0566. The van der Waals surface area contributed by atoms with Crippen molar-refractivity contribution in [2.45, 2.75) is 94.0 Å². The molecule has 3 heterocycles. The van der Waals surface area contributed by atoms with Crippen molar-refractivity contribution in [3.63, 3.8) is 0 Å². The highest BCUT2D eigenvalue weighted by Gasteiger charge is 2.63. The maximum atomic E-state index is 16.1. The normalized spacial score (nSPS) is 17.4. The molecule has 0 bridgehead atoms. The second-order valence-electron chi connectivity index (χ2n) is 14.4. The third-order valence-corrected chi connectivity index (χ3v) is 17.5. The van der Waals surface area contributed by atoms with E-state index in [0.717, 1.165) is 0 Å². The average molecular weight is 709 g/mol. The van der Waals surface area contributed by atoms with Gasteiger partial charge in [0.2, 0.25) is 0 Å². The van der Waals surface area contributed by atoms with Gasteiger partial charge in [0.25, 0.3) is 5.92 Å². The molecule has 0 radical (unpaired) electrons. The van der Waals surface area contributed by atoms with Crippen LogP contribution in [0.2, 0.25) is 16.6 Å². The molecule has 1 aliphatic carbocycles. The summed E-state index contributed by atoms with van der Waals surface area (Å²) in [6.07, 6.45) is 3.17. The molecule has 7 nitrogen and oxygen atoms in total. The third kappa shape index (κ3) is 6.17. The van der Waals surface area contributed by atoms with Crippen molar-refractivity contribution in [2.24, 2.45) is 0 Å². The summed E-state index contributed by atoms with van der Waals surface area (Å²) in [6.45, 7) is 13.8. The number of alkyl halides is 2. The van der Waals surface area contributed by atoms with Crippen LogP contribution in [0.25, 0.3) is 32.9 Å². The fourth-order valence-corrected chi connectivity index (χ4v) is 13.8. The van der Waals surface area contributed by atoms with Crippen LogP contribution in [0.1, 0.15) is 66.4 Å². The molecule has 1 unspecified atom stereocenters. The van der Waals surface area contributed by atoms with E-state index < -0.39 is 36.5 Å². The summed E-state index contributed by atoms with van der Waals surface area (Å²) in [5.74, 6) is 1.12. The third-order valence-electron chi connectivity index (χ3n) is 10.5. The van der Waals surface area contributed by atoms with E-state index in [1.807, 2.05) is 11.0 Å². The average Bonchev–Trinajstić information content (AvgIpc) is 3.01. The first kappa shape index (κ1) is 35.5. The van der Waals surface area contributed by atoms with Gasteiger partial charge in [-0.3, -0.25) is 0 Å². The molecule has 6 rings (SSSR count). The molecule has 4 aromatic rings. The van der Waals surface area contributed by atoms with Gasteiger partial charge in [0.15, 0.2) is 6.79 Å². The van der Waals surface area contributed by atoms with Crippen LogP contribution in [0.15, 0.2) is 41.7 Å². The maximum absolute atomic E-state index is 16.1. The first-order valence-corrected chi connectivity index (χ1v) is 20.5. The van der Waals surface area contributed by atoms with Crippen LogP contribution >= 0.6 is 0 Å². The predicted octanol–water partition coefficient (Wildman–Crippen LogP) is 8.65. The number of benzene rings is 2. The maximum Gasteiger partial charge on any atom is 0.342 e. The number of hydrogen-bond donors (Lipinski definition) is 0. The molecule has 0 N–H and O–H groups in total. The number of aromatic nitrogens is 3. The van der Waals surface area contributed by atoms with Crippen molar-refractivity contribution < 1.29 is 27.2 Å². The van der Waals surface area contributed by atoms with Crippen LogP contribution in [0.3, 0.4) is 0 Å². The standard InChI is InChI=1S/C37H43F3N4O3SSi/c1-22(2)49(23(3)4,24(5)6)14-11-27-30(38)10-9-25-15-26(47-21-46-7)16-28(33(25)27)31-17-32-29(18-41-35(43-32)48(8)45)34(42-31)44-13-12-36(44)19-37(39,40)20-36/h9-10,15-18,22-24H,12-13,19-21H2,1-8H3. The highest BCUT2D eigenvalue weighted by atomic mass is 32.2. The van der Waals surface area contributed by atoms with Gasteiger partial charge in [0.1, 0.15) is 31.7 Å². The summed E-state index contributed by atoms with van der Waals surface area (Å²) in [5.41, 5.74) is 5.72. The van der Waals surface area contributed by atoms with Crippen LogP contribution in [-0.4, -0.2) is 65.7 Å². The number of pyridine rings is 1. The molecule has 2 fully saturated rings. The summed E-state index contributed by atoms with van der Waals surface area (Å²) in [6, 6.07) is 8.48. The minimum absolute atomic E-state index is 0.0100. The Morgan fingerprint density at radius 1 is 1.04 bits per heavy atom. The van der Waals surface area contributed by atoms with E-state index in [-0.39, 0.29) is 30.4 Å². The molecule has 1 aliphatic heterocycles. The largest absolute Gasteiger partial charge is 0.609 e. The number of ether oxygens (including phenoxy) is 2. The Morgan fingerprint density at radius 2 is 1.73 bits per heavy atom. The Kier molecular flexibility index (Phi) is 9.45. The number of nitrogens with zero attached hydrogens (tertiary/aromatic N) is 4. The van der Waals surface area contributed by atoms with Crippen LogP contribution < -0.4 is 9.64 Å². The molecule has 49 heavy (non-hydrogen) atoms. The summed E-state index contributed by atoms with van der Waals surface area (Å²) in [7, 11) is -0.718. The van der Waals surface area contributed by atoms with Crippen molar-refractivity contribution in [2.75, 3.05) is 31.6 Å². The minimum atomic E-state index is -2.73. The van der Waals surface area contributed by atoms with Gasteiger partial charge in [0, 0.05) is 54.8 Å². The van der Waals surface area contributed by atoms with Gasteiger partial charge in [0.05, 0.1) is 27.7 Å². The molecular weight excluding hydrogens is 666 g/mol. The smallest absolute Gasteiger partial charge is 0.342 e. The van der Waals surface area contributed by atoms with Gasteiger partial charge >= 0.3 is 5.16 Å². The van der Waals surface area contributed by atoms with E-state index in [4.69, 9.17) is 14.5 Å². The molecule has 1 saturated heterocycles. The van der Waals surface area contributed by atoms with Crippen LogP contribution in [-0.2, 0) is 15.9 Å². The molecule has 1 spiro atoms.